The van der Waals surface area contributed by atoms with Crippen LogP contribution >= 0.6 is 0 Å². The lowest BCUT2D eigenvalue weighted by atomic mass is 10.1. The molecule has 76 valence electrons. The van der Waals surface area contributed by atoms with Crippen molar-refractivity contribution >= 4 is 5.69 Å². The summed E-state index contributed by atoms with van der Waals surface area (Å²) in [5.74, 6) is 11.3. The normalized spacial score (nSPS) is 8.40. The fraction of sp³-hybridized carbons (Fsp3) is 0.167. The highest BCUT2D eigenvalue weighted by atomic mass is 14.5. The van der Waals surface area contributed by atoms with Crippen molar-refractivity contribution in [2.45, 2.75) is 0 Å². The Kier molecular flexibility index (Phi) is 4.25. The summed E-state index contributed by atoms with van der Waals surface area (Å²) < 4.78 is 0. The van der Waals surface area contributed by atoms with Gasteiger partial charge in [-0.25, -0.2) is 0 Å². The van der Waals surface area contributed by atoms with E-state index in [9.17, 15) is 0 Å². The average Bonchev–Trinajstić information content (AvgIpc) is 2.23. The molecular weight excluding hydrogens is 186 g/mol. The van der Waals surface area contributed by atoms with Crippen molar-refractivity contribution in [3.8, 4) is 23.7 Å². The van der Waals surface area contributed by atoms with Gasteiger partial charge in [0.05, 0.1) is 13.1 Å². The number of anilines is 1. The molecule has 0 aliphatic carbocycles. The van der Waals surface area contributed by atoms with Crippen molar-refractivity contribution in [3.63, 3.8) is 0 Å². The van der Waals surface area contributed by atoms with Crippen molar-refractivity contribution in [3.05, 3.63) is 29.3 Å². The molecule has 1 rings (SSSR count). The minimum absolute atomic E-state index is 0.332. The van der Waals surface area contributed by atoms with Crippen LogP contribution in [0, 0.1) is 23.7 Å². The first-order valence-electron chi connectivity index (χ1n) is 4.54. The van der Waals surface area contributed by atoms with Gasteiger partial charge in [-0.15, -0.1) is 0 Å². The summed E-state index contributed by atoms with van der Waals surface area (Å²) in [6, 6.07) is 5.44. The summed E-state index contributed by atoms with van der Waals surface area (Å²) in [5.41, 5.74) is 18.6. The zero-order valence-electron chi connectivity index (χ0n) is 8.38. The second-order valence-electron chi connectivity index (χ2n) is 2.86. The molecule has 0 saturated heterocycles. The highest BCUT2D eigenvalue weighted by Gasteiger charge is 1.93. The molecular formula is C12H13N3. The summed E-state index contributed by atoms with van der Waals surface area (Å²) in [6.45, 7) is 0.664. The summed E-state index contributed by atoms with van der Waals surface area (Å²) in [4.78, 5) is 0. The Morgan fingerprint density at radius 3 is 1.73 bits per heavy atom. The lowest BCUT2D eigenvalue weighted by Gasteiger charge is -1.97. The quantitative estimate of drug-likeness (QED) is 0.403. The van der Waals surface area contributed by atoms with Crippen LogP contribution in [0.1, 0.15) is 11.1 Å². The molecule has 0 amide bonds. The third kappa shape index (κ3) is 3.74. The SMILES string of the molecule is NCC#Cc1cc(N)cc(C#CCN)c1. The number of rotatable bonds is 0. The molecule has 0 aliphatic heterocycles. The molecule has 0 spiro atoms. The zero-order valence-corrected chi connectivity index (χ0v) is 8.38. The van der Waals surface area contributed by atoms with Gasteiger partial charge in [-0.05, 0) is 18.2 Å². The lowest BCUT2D eigenvalue weighted by molar-refractivity contribution is 1.30. The second kappa shape index (κ2) is 5.72. The zero-order chi connectivity index (χ0) is 11.1. The molecule has 3 nitrogen and oxygen atoms in total. The number of nitrogen functional groups attached to an aromatic ring is 1. The molecule has 0 fully saturated rings. The molecule has 6 N–H and O–H groups in total. The monoisotopic (exact) mass is 199 g/mol. The third-order valence-corrected chi connectivity index (χ3v) is 1.62. The fourth-order valence-corrected chi connectivity index (χ4v) is 1.10. The van der Waals surface area contributed by atoms with Crippen LogP contribution < -0.4 is 17.2 Å². The average molecular weight is 199 g/mol. The molecule has 0 radical (unpaired) electrons. The van der Waals surface area contributed by atoms with Crippen molar-refractivity contribution in [2.75, 3.05) is 18.8 Å². The number of hydrogen-bond acceptors (Lipinski definition) is 3. The van der Waals surface area contributed by atoms with Gasteiger partial charge in [-0.2, -0.15) is 0 Å². The maximum Gasteiger partial charge on any atom is 0.0555 e. The minimum atomic E-state index is 0.332. The number of benzene rings is 1. The first-order valence-corrected chi connectivity index (χ1v) is 4.54. The Bertz CT molecular complexity index is 415. The van der Waals surface area contributed by atoms with Gasteiger partial charge in [-0.1, -0.05) is 23.7 Å². The fourth-order valence-electron chi connectivity index (χ4n) is 1.10. The molecule has 1 aromatic carbocycles. The maximum atomic E-state index is 5.70. The Morgan fingerprint density at radius 1 is 0.867 bits per heavy atom. The molecule has 0 atom stereocenters. The van der Waals surface area contributed by atoms with Gasteiger partial charge < -0.3 is 17.2 Å². The molecule has 0 aliphatic rings. The standard InChI is InChI=1S/C12H13N3/c13-5-1-3-10-7-11(4-2-6-14)9-12(15)8-10/h7-9H,5-6,13-15H2. The first kappa shape index (κ1) is 11.1. The number of hydrogen-bond donors (Lipinski definition) is 3. The summed E-state index contributed by atoms with van der Waals surface area (Å²) in [6.07, 6.45) is 0. The van der Waals surface area contributed by atoms with Crippen LogP contribution in [-0.4, -0.2) is 13.1 Å². The van der Waals surface area contributed by atoms with Crippen molar-refractivity contribution in [1.82, 2.24) is 0 Å². The van der Waals surface area contributed by atoms with E-state index in [1.807, 2.05) is 6.07 Å². The van der Waals surface area contributed by atoms with E-state index in [4.69, 9.17) is 17.2 Å². The van der Waals surface area contributed by atoms with E-state index in [0.717, 1.165) is 11.1 Å². The van der Waals surface area contributed by atoms with Gasteiger partial charge in [0, 0.05) is 16.8 Å². The van der Waals surface area contributed by atoms with Gasteiger partial charge in [-0.3, -0.25) is 0 Å². The van der Waals surface area contributed by atoms with Gasteiger partial charge in [0.15, 0.2) is 0 Å². The molecule has 0 aromatic heterocycles. The van der Waals surface area contributed by atoms with Crippen LogP contribution in [0.3, 0.4) is 0 Å². The lowest BCUT2D eigenvalue weighted by Crippen LogP contribution is -1.95. The van der Waals surface area contributed by atoms with Gasteiger partial charge in [0.25, 0.3) is 0 Å². The Balaban J connectivity index is 3.05. The van der Waals surface area contributed by atoms with E-state index in [1.165, 1.54) is 0 Å². The van der Waals surface area contributed by atoms with Gasteiger partial charge >= 0.3 is 0 Å². The summed E-state index contributed by atoms with van der Waals surface area (Å²) >= 11 is 0. The summed E-state index contributed by atoms with van der Waals surface area (Å²) in [5, 5.41) is 0. The first-order chi connectivity index (χ1) is 7.26. The predicted molar refractivity (Wildman–Crippen MR) is 62.7 cm³/mol. The van der Waals surface area contributed by atoms with Crippen LogP contribution in [0.5, 0.6) is 0 Å². The third-order valence-electron chi connectivity index (χ3n) is 1.62. The molecule has 3 heteroatoms. The molecule has 0 bridgehead atoms. The highest BCUT2D eigenvalue weighted by molar-refractivity contribution is 5.54. The van der Waals surface area contributed by atoms with Crippen LogP contribution in [0.25, 0.3) is 0 Å². The highest BCUT2D eigenvalue weighted by Crippen LogP contribution is 2.10. The number of nitrogens with two attached hydrogens (primary N) is 3. The van der Waals surface area contributed by atoms with Crippen LogP contribution in [-0.2, 0) is 0 Å². The van der Waals surface area contributed by atoms with Crippen molar-refractivity contribution in [2.24, 2.45) is 11.5 Å². The summed E-state index contributed by atoms with van der Waals surface area (Å²) in [7, 11) is 0. The van der Waals surface area contributed by atoms with E-state index in [-0.39, 0.29) is 0 Å². The minimum Gasteiger partial charge on any atom is -0.399 e. The van der Waals surface area contributed by atoms with E-state index >= 15 is 0 Å². The Morgan fingerprint density at radius 2 is 1.33 bits per heavy atom. The van der Waals surface area contributed by atoms with Crippen LogP contribution in [0.15, 0.2) is 18.2 Å². The molecule has 15 heavy (non-hydrogen) atoms. The molecule has 0 heterocycles. The smallest absolute Gasteiger partial charge is 0.0555 e. The molecule has 0 unspecified atom stereocenters. The molecule has 1 aromatic rings. The second-order valence-corrected chi connectivity index (χ2v) is 2.86. The van der Waals surface area contributed by atoms with Crippen LogP contribution in [0.2, 0.25) is 0 Å². The predicted octanol–water partition coefficient (Wildman–Crippen LogP) is -0.111. The van der Waals surface area contributed by atoms with E-state index in [0.29, 0.717) is 18.8 Å². The van der Waals surface area contributed by atoms with E-state index < -0.39 is 0 Å². The van der Waals surface area contributed by atoms with Crippen LogP contribution in [0.4, 0.5) is 5.69 Å². The van der Waals surface area contributed by atoms with E-state index in [2.05, 4.69) is 23.7 Å². The van der Waals surface area contributed by atoms with Crippen molar-refractivity contribution in [1.29, 1.82) is 0 Å². The Hall–Kier alpha value is -1.94. The van der Waals surface area contributed by atoms with Crippen molar-refractivity contribution < 1.29 is 0 Å². The van der Waals surface area contributed by atoms with Gasteiger partial charge in [0.1, 0.15) is 0 Å². The Labute approximate surface area is 89.6 Å². The van der Waals surface area contributed by atoms with Gasteiger partial charge in [0.2, 0.25) is 0 Å². The molecule has 0 saturated carbocycles. The maximum absolute atomic E-state index is 5.70. The van der Waals surface area contributed by atoms with E-state index in [1.54, 1.807) is 12.1 Å². The largest absolute Gasteiger partial charge is 0.399 e. The topological polar surface area (TPSA) is 78.1 Å².